The molecule has 0 spiro atoms. The molecule has 84 valence electrons. The molecule has 1 heterocycles. The van der Waals surface area contributed by atoms with Crippen molar-refractivity contribution in [3.05, 3.63) is 48.5 Å². The minimum atomic E-state index is 0.835. The second-order valence-corrected chi connectivity index (χ2v) is 4.00. The standard InChI is InChI=1S/C13H17N3/c14-13-6-4-12(5-7-13)3-1-2-9-16-10-8-15-11-16/h4-8,10-11H,1-3,9,14H2. The summed E-state index contributed by atoms with van der Waals surface area (Å²) in [7, 11) is 0. The van der Waals surface area contributed by atoms with Crippen LogP contribution in [0.5, 0.6) is 0 Å². The Kier molecular flexibility index (Phi) is 3.59. The molecule has 2 N–H and O–H groups in total. The van der Waals surface area contributed by atoms with Crippen molar-refractivity contribution in [2.75, 3.05) is 5.73 Å². The molecule has 0 saturated carbocycles. The fraction of sp³-hybridized carbons (Fsp3) is 0.308. The molecule has 0 radical (unpaired) electrons. The molecule has 0 unspecified atom stereocenters. The number of unbranched alkanes of at least 4 members (excludes halogenated alkanes) is 1. The Morgan fingerprint density at radius 2 is 1.94 bits per heavy atom. The number of anilines is 1. The molecule has 3 heteroatoms. The highest BCUT2D eigenvalue weighted by molar-refractivity contribution is 5.39. The summed E-state index contributed by atoms with van der Waals surface area (Å²) in [5.41, 5.74) is 7.83. The molecule has 1 aromatic carbocycles. The molecule has 0 aliphatic heterocycles. The molecule has 3 nitrogen and oxygen atoms in total. The van der Waals surface area contributed by atoms with Crippen molar-refractivity contribution in [2.45, 2.75) is 25.8 Å². The van der Waals surface area contributed by atoms with Crippen molar-refractivity contribution in [1.29, 1.82) is 0 Å². The zero-order valence-corrected chi connectivity index (χ0v) is 9.34. The van der Waals surface area contributed by atoms with Gasteiger partial charge in [0.2, 0.25) is 0 Å². The van der Waals surface area contributed by atoms with Gasteiger partial charge in [0.25, 0.3) is 0 Å². The van der Waals surface area contributed by atoms with E-state index in [1.807, 2.05) is 30.9 Å². The summed E-state index contributed by atoms with van der Waals surface area (Å²) in [5, 5.41) is 0. The topological polar surface area (TPSA) is 43.8 Å². The number of nitrogen functional groups attached to an aromatic ring is 1. The second-order valence-electron chi connectivity index (χ2n) is 4.00. The van der Waals surface area contributed by atoms with Gasteiger partial charge < -0.3 is 10.3 Å². The number of imidazole rings is 1. The van der Waals surface area contributed by atoms with Crippen molar-refractivity contribution in [3.8, 4) is 0 Å². The molecule has 0 bridgehead atoms. The molecule has 0 saturated heterocycles. The number of rotatable bonds is 5. The van der Waals surface area contributed by atoms with E-state index in [9.17, 15) is 0 Å². The van der Waals surface area contributed by atoms with E-state index < -0.39 is 0 Å². The predicted octanol–water partition coefficient (Wildman–Crippen LogP) is 2.49. The smallest absolute Gasteiger partial charge is 0.0945 e. The van der Waals surface area contributed by atoms with E-state index >= 15 is 0 Å². The first-order valence-corrected chi connectivity index (χ1v) is 5.65. The molecular formula is C13H17N3. The van der Waals surface area contributed by atoms with Gasteiger partial charge in [-0.2, -0.15) is 0 Å². The van der Waals surface area contributed by atoms with Crippen molar-refractivity contribution in [3.63, 3.8) is 0 Å². The quantitative estimate of drug-likeness (QED) is 0.615. The predicted molar refractivity (Wildman–Crippen MR) is 66.0 cm³/mol. The lowest BCUT2D eigenvalue weighted by Gasteiger charge is -2.03. The van der Waals surface area contributed by atoms with Crippen LogP contribution in [0.2, 0.25) is 0 Å². The summed E-state index contributed by atoms with van der Waals surface area (Å²) in [6.45, 7) is 1.05. The van der Waals surface area contributed by atoms with Crippen molar-refractivity contribution >= 4 is 5.69 Å². The highest BCUT2D eigenvalue weighted by Gasteiger charge is 1.94. The Balaban J connectivity index is 1.70. The van der Waals surface area contributed by atoms with Crippen LogP contribution >= 0.6 is 0 Å². The van der Waals surface area contributed by atoms with E-state index in [4.69, 9.17) is 5.73 Å². The van der Waals surface area contributed by atoms with Gasteiger partial charge in [0, 0.05) is 24.6 Å². The van der Waals surface area contributed by atoms with Gasteiger partial charge in [0.05, 0.1) is 6.33 Å². The fourth-order valence-electron chi connectivity index (χ4n) is 1.73. The molecular weight excluding hydrogens is 198 g/mol. The number of hydrogen-bond acceptors (Lipinski definition) is 2. The Morgan fingerprint density at radius 3 is 2.62 bits per heavy atom. The van der Waals surface area contributed by atoms with Crippen molar-refractivity contribution < 1.29 is 0 Å². The summed E-state index contributed by atoms with van der Waals surface area (Å²) in [5.74, 6) is 0. The summed E-state index contributed by atoms with van der Waals surface area (Å²) in [6, 6.07) is 8.13. The third-order valence-electron chi connectivity index (χ3n) is 2.67. The third-order valence-corrected chi connectivity index (χ3v) is 2.67. The van der Waals surface area contributed by atoms with Gasteiger partial charge >= 0.3 is 0 Å². The van der Waals surface area contributed by atoms with Crippen LogP contribution in [0.4, 0.5) is 5.69 Å². The molecule has 16 heavy (non-hydrogen) atoms. The normalized spacial score (nSPS) is 10.5. The minimum Gasteiger partial charge on any atom is -0.399 e. The van der Waals surface area contributed by atoms with E-state index in [-0.39, 0.29) is 0 Å². The van der Waals surface area contributed by atoms with Crippen molar-refractivity contribution in [1.82, 2.24) is 9.55 Å². The number of nitrogens with two attached hydrogens (primary N) is 1. The molecule has 0 aliphatic rings. The lowest BCUT2D eigenvalue weighted by molar-refractivity contribution is 0.609. The van der Waals surface area contributed by atoms with Crippen LogP contribution in [0, 0.1) is 0 Å². The maximum atomic E-state index is 5.64. The number of aromatic nitrogens is 2. The van der Waals surface area contributed by atoms with Gasteiger partial charge in [-0.25, -0.2) is 4.98 Å². The lowest BCUT2D eigenvalue weighted by Crippen LogP contribution is -1.95. The van der Waals surface area contributed by atoms with E-state index in [1.165, 1.54) is 18.4 Å². The van der Waals surface area contributed by atoms with Crippen LogP contribution in [-0.4, -0.2) is 9.55 Å². The third kappa shape index (κ3) is 3.12. The van der Waals surface area contributed by atoms with Crippen LogP contribution < -0.4 is 5.73 Å². The molecule has 0 fully saturated rings. The van der Waals surface area contributed by atoms with Crippen LogP contribution in [0.25, 0.3) is 0 Å². The maximum absolute atomic E-state index is 5.64. The number of benzene rings is 1. The number of nitrogens with zero attached hydrogens (tertiary/aromatic N) is 2. The minimum absolute atomic E-state index is 0.835. The van der Waals surface area contributed by atoms with Crippen molar-refractivity contribution in [2.24, 2.45) is 0 Å². The summed E-state index contributed by atoms with van der Waals surface area (Å²) in [4.78, 5) is 4.02. The average Bonchev–Trinajstić information content (AvgIpc) is 2.80. The van der Waals surface area contributed by atoms with E-state index in [0.29, 0.717) is 0 Å². The largest absolute Gasteiger partial charge is 0.399 e. The van der Waals surface area contributed by atoms with Gasteiger partial charge in [-0.3, -0.25) is 0 Å². The highest BCUT2D eigenvalue weighted by Crippen LogP contribution is 2.09. The molecule has 1 aromatic heterocycles. The zero-order chi connectivity index (χ0) is 11.2. The number of aryl methyl sites for hydroxylation is 2. The Morgan fingerprint density at radius 1 is 1.12 bits per heavy atom. The van der Waals surface area contributed by atoms with Gasteiger partial charge in [-0.05, 0) is 37.0 Å². The Labute approximate surface area is 95.9 Å². The first-order valence-electron chi connectivity index (χ1n) is 5.65. The highest BCUT2D eigenvalue weighted by atomic mass is 15.0. The Hall–Kier alpha value is -1.77. The Bertz CT molecular complexity index is 403. The van der Waals surface area contributed by atoms with E-state index in [0.717, 1.165) is 18.7 Å². The molecule has 0 atom stereocenters. The van der Waals surface area contributed by atoms with Gasteiger partial charge in [-0.15, -0.1) is 0 Å². The van der Waals surface area contributed by atoms with Gasteiger partial charge in [0.15, 0.2) is 0 Å². The summed E-state index contributed by atoms with van der Waals surface area (Å²) >= 11 is 0. The second kappa shape index (κ2) is 5.35. The summed E-state index contributed by atoms with van der Waals surface area (Å²) < 4.78 is 2.11. The van der Waals surface area contributed by atoms with E-state index in [1.54, 1.807) is 0 Å². The first kappa shape index (κ1) is 10.7. The van der Waals surface area contributed by atoms with Crippen LogP contribution in [0.1, 0.15) is 18.4 Å². The summed E-state index contributed by atoms with van der Waals surface area (Å²) in [6.07, 6.45) is 9.18. The maximum Gasteiger partial charge on any atom is 0.0945 e. The monoisotopic (exact) mass is 215 g/mol. The SMILES string of the molecule is Nc1ccc(CCCCn2ccnc2)cc1. The molecule has 0 amide bonds. The lowest BCUT2D eigenvalue weighted by atomic mass is 10.1. The number of hydrogen-bond donors (Lipinski definition) is 1. The zero-order valence-electron chi connectivity index (χ0n) is 9.34. The molecule has 0 aliphatic carbocycles. The average molecular weight is 215 g/mol. The van der Waals surface area contributed by atoms with Crippen LogP contribution in [0.15, 0.2) is 43.0 Å². The fourth-order valence-corrected chi connectivity index (χ4v) is 1.73. The van der Waals surface area contributed by atoms with Gasteiger partial charge in [-0.1, -0.05) is 12.1 Å². The molecule has 2 rings (SSSR count). The van der Waals surface area contributed by atoms with E-state index in [2.05, 4.69) is 21.7 Å². The van der Waals surface area contributed by atoms with Crippen LogP contribution in [-0.2, 0) is 13.0 Å². The molecule has 2 aromatic rings. The van der Waals surface area contributed by atoms with Crippen LogP contribution in [0.3, 0.4) is 0 Å². The first-order chi connectivity index (χ1) is 7.84. The van der Waals surface area contributed by atoms with Gasteiger partial charge in [0.1, 0.15) is 0 Å².